The van der Waals surface area contributed by atoms with Gasteiger partial charge in [0.05, 0.1) is 29.7 Å². The predicted molar refractivity (Wildman–Crippen MR) is 175 cm³/mol. The molecule has 0 bridgehead atoms. The highest BCUT2D eigenvalue weighted by molar-refractivity contribution is 5.97. The summed E-state index contributed by atoms with van der Waals surface area (Å²) in [5.41, 5.74) is 6.53. The molecule has 1 saturated carbocycles. The van der Waals surface area contributed by atoms with Crippen molar-refractivity contribution in [3.63, 3.8) is 0 Å². The van der Waals surface area contributed by atoms with Crippen LogP contribution >= 0.6 is 0 Å². The van der Waals surface area contributed by atoms with Crippen LogP contribution in [-0.4, -0.2) is 68.2 Å². The quantitative estimate of drug-likeness (QED) is 0.302. The summed E-state index contributed by atoms with van der Waals surface area (Å²) in [6.45, 7) is 6.92. The lowest BCUT2D eigenvalue weighted by Crippen LogP contribution is -2.35. The lowest BCUT2D eigenvalue weighted by Gasteiger charge is -2.36. The molecular formula is C36H45N7O2. The number of piperidine rings is 1. The Morgan fingerprint density at radius 1 is 0.956 bits per heavy atom. The zero-order valence-corrected chi connectivity index (χ0v) is 26.5. The van der Waals surface area contributed by atoms with Crippen LogP contribution in [0.2, 0.25) is 0 Å². The van der Waals surface area contributed by atoms with E-state index in [1.54, 1.807) is 6.92 Å². The molecule has 2 saturated heterocycles. The van der Waals surface area contributed by atoms with Gasteiger partial charge < -0.3 is 15.0 Å². The Hall–Kier alpha value is -3.56. The number of aromatic nitrogens is 5. The SMILES string of the molecule is CC(=O)N1CCc2c(c(-c3cccc4cc(-c5cnn(C6CCC(C7CCNCC7)CC6)c5)ncc34)nn2C2CCOCC2)C1. The summed E-state index contributed by atoms with van der Waals surface area (Å²) < 4.78 is 10.1. The molecule has 0 unspecified atom stereocenters. The maximum absolute atomic E-state index is 12.4. The number of carbonyl (C=O) groups is 1. The van der Waals surface area contributed by atoms with Gasteiger partial charge in [-0.25, -0.2) is 0 Å². The molecule has 236 valence electrons. The molecule has 1 amide bonds. The summed E-state index contributed by atoms with van der Waals surface area (Å²) in [6.07, 6.45) is 16.7. The Kier molecular flexibility index (Phi) is 7.91. The van der Waals surface area contributed by atoms with Crippen molar-refractivity contribution in [3.8, 4) is 22.5 Å². The molecule has 4 aliphatic rings. The number of amides is 1. The summed E-state index contributed by atoms with van der Waals surface area (Å²) in [4.78, 5) is 19.3. The summed E-state index contributed by atoms with van der Waals surface area (Å²) in [6, 6.07) is 9.46. The van der Waals surface area contributed by atoms with E-state index in [1.165, 1.54) is 62.9 Å². The van der Waals surface area contributed by atoms with Gasteiger partial charge in [0.1, 0.15) is 0 Å². The molecule has 0 radical (unpaired) electrons. The Morgan fingerprint density at radius 3 is 2.56 bits per heavy atom. The number of nitrogens with one attached hydrogen (secondary N) is 1. The molecule has 1 N–H and O–H groups in total. The molecule has 0 spiro atoms. The van der Waals surface area contributed by atoms with Crippen LogP contribution in [-0.2, 0) is 22.5 Å². The molecule has 1 aromatic carbocycles. The van der Waals surface area contributed by atoms with Crippen LogP contribution in [0.15, 0.2) is 42.9 Å². The molecule has 3 aromatic heterocycles. The molecule has 9 heteroatoms. The second kappa shape index (κ2) is 12.3. The van der Waals surface area contributed by atoms with Gasteiger partial charge in [-0.05, 0) is 87.7 Å². The Balaban J connectivity index is 1.06. The van der Waals surface area contributed by atoms with Crippen molar-refractivity contribution in [3.05, 3.63) is 54.1 Å². The predicted octanol–water partition coefficient (Wildman–Crippen LogP) is 5.95. The van der Waals surface area contributed by atoms with Crippen LogP contribution < -0.4 is 5.32 Å². The van der Waals surface area contributed by atoms with Crippen LogP contribution in [0.3, 0.4) is 0 Å². The zero-order chi connectivity index (χ0) is 30.3. The fourth-order valence-corrected chi connectivity index (χ4v) is 8.52. The van der Waals surface area contributed by atoms with E-state index in [9.17, 15) is 4.79 Å². The number of pyridine rings is 1. The maximum atomic E-state index is 12.4. The van der Waals surface area contributed by atoms with Gasteiger partial charge in [-0.3, -0.25) is 19.1 Å². The van der Waals surface area contributed by atoms with Crippen LogP contribution in [0, 0.1) is 11.8 Å². The molecule has 1 aliphatic carbocycles. The minimum Gasteiger partial charge on any atom is -0.381 e. The number of rotatable bonds is 5. The molecule has 45 heavy (non-hydrogen) atoms. The van der Waals surface area contributed by atoms with E-state index in [0.29, 0.717) is 18.6 Å². The van der Waals surface area contributed by atoms with E-state index in [4.69, 9.17) is 19.9 Å². The Morgan fingerprint density at radius 2 is 1.76 bits per heavy atom. The first kappa shape index (κ1) is 28.9. The molecule has 0 atom stereocenters. The number of fused-ring (bicyclic) bond motifs is 2. The van der Waals surface area contributed by atoms with Crippen molar-refractivity contribution in [1.29, 1.82) is 0 Å². The highest BCUT2D eigenvalue weighted by Gasteiger charge is 2.32. The summed E-state index contributed by atoms with van der Waals surface area (Å²) in [7, 11) is 0. The fourth-order valence-electron chi connectivity index (χ4n) is 8.52. The number of hydrogen-bond donors (Lipinski definition) is 1. The molecule has 4 aromatic rings. The zero-order valence-electron chi connectivity index (χ0n) is 26.5. The molecule has 3 aliphatic heterocycles. The van der Waals surface area contributed by atoms with Gasteiger partial charge in [-0.1, -0.05) is 18.2 Å². The van der Waals surface area contributed by atoms with Crippen molar-refractivity contribution in [2.75, 3.05) is 32.8 Å². The monoisotopic (exact) mass is 607 g/mol. The van der Waals surface area contributed by atoms with Gasteiger partial charge in [0, 0.05) is 79.8 Å². The topological polar surface area (TPSA) is 90.1 Å². The van der Waals surface area contributed by atoms with E-state index in [1.807, 2.05) is 17.3 Å². The molecular weight excluding hydrogens is 562 g/mol. The largest absolute Gasteiger partial charge is 0.381 e. The lowest BCUT2D eigenvalue weighted by atomic mass is 9.75. The summed E-state index contributed by atoms with van der Waals surface area (Å²) >= 11 is 0. The molecule has 6 heterocycles. The summed E-state index contributed by atoms with van der Waals surface area (Å²) in [5.74, 6) is 1.90. The van der Waals surface area contributed by atoms with Crippen molar-refractivity contribution in [2.45, 2.75) is 83.3 Å². The van der Waals surface area contributed by atoms with Gasteiger partial charge in [-0.15, -0.1) is 0 Å². The molecule has 9 nitrogen and oxygen atoms in total. The van der Waals surface area contributed by atoms with Crippen LogP contribution in [0.25, 0.3) is 33.3 Å². The third kappa shape index (κ3) is 5.58. The maximum Gasteiger partial charge on any atom is 0.219 e. The Labute approximate surface area is 265 Å². The van der Waals surface area contributed by atoms with Crippen molar-refractivity contribution >= 4 is 16.7 Å². The van der Waals surface area contributed by atoms with Crippen molar-refractivity contribution < 1.29 is 9.53 Å². The van der Waals surface area contributed by atoms with E-state index in [-0.39, 0.29) is 5.91 Å². The van der Waals surface area contributed by atoms with Gasteiger partial charge >= 0.3 is 0 Å². The lowest BCUT2D eigenvalue weighted by molar-refractivity contribution is -0.129. The highest BCUT2D eigenvalue weighted by Crippen LogP contribution is 2.40. The fraction of sp³-hybridized carbons (Fsp3) is 0.556. The molecule has 8 rings (SSSR count). The van der Waals surface area contributed by atoms with Crippen molar-refractivity contribution in [2.24, 2.45) is 11.8 Å². The van der Waals surface area contributed by atoms with Gasteiger partial charge in [-0.2, -0.15) is 10.2 Å². The number of carbonyl (C=O) groups excluding carboxylic acids is 1. The average Bonchev–Trinajstić information content (AvgIpc) is 3.74. The van der Waals surface area contributed by atoms with E-state index >= 15 is 0 Å². The van der Waals surface area contributed by atoms with Crippen LogP contribution in [0.5, 0.6) is 0 Å². The second-order valence-corrected chi connectivity index (χ2v) is 13.7. The summed E-state index contributed by atoms with van der Waals surface area (Å²) in [5, 5.41) is 15.9. The van der Waals surface area contributed by atoms with Crippen LogP contribution in [0.4, 0.5) is 0 Å². The van der Waals surface area contributed by atoms with Crippen LogP contribution in [0.1, 0.15) is 81.6 Å². The van der Waals surface area contributed by atoms with E-state index < -0.39 is 0 Å². The smallest absolute Gasteiger partial charge is 0.219 e. The Bertz CT molecular complexity index is 1670. The van der Waals surface area contributed by atoms with Gasteiger partial charge in [0.15, 0.2) is 0 Å². The third-order valence-electron chi connectivity index (χ3n) is 11.2. The van der Waals surface area contributed by atoms with Gasteiger partial charge in [0.25, 0.3) is 0 Å². The number of ether oxygens (including phenoxy) is 1. The minimum atomic E-state index is 0.116. The standard InChI is InChI=1S/C36H45N7O2/c1-24(44)41-16-11-35-33(23-41)36(40-43(35)30-12-17-45-18-13-30)31-4-2-3-27-19-34(38-21-32(27)31)28-20-39-42(22-28)29-7-5-25(6-8-29)26-9-14-37-15-10-26/h2-4,19-22,25-26,29-30,37H,5-18,23H2,1H3. The first-order valence-electron chi connectivity index (χ1n) is 17.2. The second-order valence-electron chi connectivity index (χ2n) is 13.7. The highest BCUT2D eigenvalue weighted by atomic mass is 16.5. The molecule has 3 fully saturated rings. The first-order valence-corrected chi connectivity index (χ1v) is 17.2. The average molecular weight is 608 g/mol. The minimum absolute atomic E-state index is 0.116. The third-order valence-corrected chi connectivity index (χ3v) is 11.2. The number of nitrogens with zero attached hydrogens (tertiary/aromatic N) is 6. The van der Waals surface area contributed by atoms with Gasteiger partial charge in [0.2, 0.25) is 5.91 Å². The normalized spacial score (nSPS) is 23.4. The number of hydrogen-bond acceptors (Lipinski definition) is 6. The van der Waals surface area contributed by atoms with E-state index in [2.05, 4.69) is 45.1 Å². The first-order chi connectivity index (χ1) is 22.1. The van der Waals surface area contributed by atoms with E-state index in [0.717, 1.165) is 84.1 Å². The number of benzene rings is 1. The van der Waals surface area contributed by atoms with Crippen molar-refractivity contribution in [1.82, 2.24) is 34.8 Å².